The van der Waals surface area contributed by atoms with Gasteiger partial charge >= 0.3 is 0 Å². The van der Waals surface area contributed by atoms with Crippen LogP contribution in [-0.4, -0.2) is 20.1 Å². The van der Waals surface area contributed by atoms with E-state index in [2.05, 4.69) is 46.1 Å². The fraction of sp³-hybridized carbons (Fsp3) is 0.222. The number of thioether (sulfide) groups is 1. The highest BCUT2D eigenvalue weighted by Crippen LogP contribution is 2.24. The molecule has 8 heteroatoms. The van der Waals surface area contributed by atoms with Crippen LogP contribution < -0.4 is 5.56 Å². The van der Waals surface area contributed by atoms with Gasteiger partial charge in [0.15, 0.2) is 5.16 Å². The van der Waals surface area contributed by atoms with Gasteiger partial charge in [-0.05, 0) is 22.9 Å². The zero-order valence-corrected chi connectivity index (χ0v) is 15.9. The average molecular weight is 384 g/mol. The lowest BCUT2D eigenvalue weighted by molar-refractivity contribution is 0.391. The number of benzene rings is 1. The minimum absolute atomic E-state index is 0.129. The molecule has 1 aromatic carbocycles. The number of aromatic amines is 1. The molecule has 4 rings (SSSR count). The highest BCUT2D eigenvalue weighted by Gasteiger charge is 2.11. The average Bonchev–Trinajstić information content (AvgIpc) is 3.29. The Hall–Kier alpha value is -2.45. The van der Waals surface area contributed by atoms with Gasteiger partial charge in [-0.2, -0.15) is 4.98 Å². The van der Waals surface area contributed by atoms with E-state index in [0.29, 0.717) is 33.9 Å². The van der Waals surface area contributed by atoms with Gasteiger partial charge in [-0.1, -0.05) is 55.0 Å². The molecule has 0 aliphatic rings. The molecule has 0 bridgehead atoms. The summed E-state index contributed by atoms with van der Waals surface area (Å²) in [6, 6.07) is 9.93. The SMILES string of the molecule is CC(C)c1ccc(-c2noc(CSc3nc4sccc4c(=O)[nH]3)n2)cc1. The van der Waals surface area contributed by atoms with E-state index in [4.69, 9.17) is 4.52 Å². The van der Waals surface area contributed by atoms with Crippen LogP contribution in [0.15, 0.2) is 50.2 Å². The first-order valence-corrected chi connectivity index (χ1v) is 10.00. The molecular weight excluding hydrogens is 368 g/mol. The summed E-state index contributed by atoms with van der Waals surface area (Å²) in [6.45, 7) is 4.31. The Morgan fingerprint density at radius 1 is 1.19 bits per heavy atom. The lowest BCUT2D eigenvalue weighted by Crippen LogP contribution is -2.07. The van der Waals surface area contributed by atoms with E-state index in [9.17, 15) is 4.79 Å². The molecule has 0 fully saturated rings. The molecule has 0 saturated heterocycles. The first-order chi connectivity index (χ1) is 12.6. The molecule has 0 amide bonds. The molecule has 0 aliphatic carbocycles. The van der Waals surface area contributed by atoms with Crippen molar-refractivity contribution >= 4 is 33.3 Å². The second-order valence-electron chi connectivity index (χ2n) is 6.09. The number of H-pyrrole nitrogens is 1. The third-order valence-corrected chi connectivity index (χ3v) is 5.61. The molecule has 0 unspecified atom stereocenters. The van der Waals surface area contributed by atoms with Crippen LogP contribution in [0.1, 0.15) is 31.2 Å². The number of aromatic nitrogens is 4. The zero-order valence-electron chi connectivity index (χ0n) is 14.2. The standard InChI is InChI=1S/C18H16N4O2S2/c1-10(2)11-3-5-12(6-4-11)15-19-14(24-22-15)9-26-18-20-16(23)13-7-8-25-17(13)21-18/h3-8,10H,9H2,1-2H3,(H,20,21,23). The zero-order chi connectivity index (χ0) is 18.1. The van der Waals surface area contributed by atoms with Crippen LogP contribution >= 0.6 is 23.1 Å². The van der Waals surface area contributed by atoms with Crippen LogP contribution in [0.5, 0.6) is 0 Å². The highest BCUT2D eigenvalue weighted by atomic mass is 32.2. The summed E-state index contributed by atoms with van der Waals surface area (Å²) in [4.78, 5) is 24.4. The Morgan fingerprint density at radius 2 is 2.00 bits per heavy atom. The monoisotopic (exact) mass is 384 g/mol. The largest absolute Gasteiger partial charge is 0.338 e. The fourth-order valence-corrected chi connectivity index (χ4v) is 4.01. The van der Waals surface area contributed by atoms with Crippen LogP contribution in [-0.2, 0) is 5.75 Å². The molecule has 132 valence electrons. The number of nitrogens with one attached hydrogen (secondary N) is 1. The number of hydrogen-bond donors (Lipinski definition) is 1. The third-order valence-electron chi connectivity index (χ3n) is 3.95. The number of fused-ring (bicyclic) bond motifs is 1. The minimum Gasteiger partial charge on any atom is -0.338 e. The quantitative estimate of drug-likeness (QED) is 0.404. The smallest absolute Gasteiger partial charge is 0.260 e. The maximum atomic E-state index is 12.0. The normalized spacial score (nSPS) is 11.5. The highest BCUT2D eigenvalue weighted by molar-refractivity contribution is 7.98. The van der Waals surface area contributed by atoms with Crippen LogP contribution in [0.4, 0.5) is 0 Å². The molecule has 6 nitrogen and oxygen atoms in total. The number of hydrogen-bond acceptors (Lipinski definition) is 7. The van der Waals surface area contributed by atoms with Gasteiger partial charge in [-0.15, -0.1) is 11.3 Å². The van der Waals surface area contributed by atoms with Crippen molar-refractivity contribution in [3.63, 3.8) is 0 Å². The van der Waals surface area contributed by atoms with E-state index < -0.39 is 0 Å². The summed E-state index contributed by atoms with van der Waals surface area (Å²) in [5, 5.41) is 7.06. The second kappa shape index (κ2) is 7.05. The van der Waals surface area contributed by atoms with Crippen LogP contribution in [0.3, 0.4) is 0 Å². The summed E-state index contributed by atoms with van der Waals surface area (Å²) >= 11 is 2.81. The summed E-state index contributed by atoms with van der Waals surface area (Å²) in [5.74, 6) is 1.98. The Labute approximate surface area is 157 Å². The lowest BCUT2D eigenvalue weighted by Gasteiger charge is -2.04. The van der Waals surface area contributed by atoms with E-state index in [1.165, 1.54) is 28.7 Å². The maximum absolute atomic E-state index is 12.0. The minimum atomic E-state index is -0.129. The first kappa shape index (κ1) is 17.0. The molecule has 0 saturated carbocycles. The van der Waals surface area contributed by atoms with E-state index in [1.807, 2.05) is 17.5 Å². The molecule has 0 atom stereocenters. The first-order valence-electron chi connectivity index (χ1n) is 8.13. The molecule has 4 aromatic rings. The van der Waals surface area contributed by atoms with E-state index in [0.717, 1.165) is 10.4 Å². The fourth-order valence-electron chi connectivity index (χ4n) is 2.49. The molecule has 0 radical (unpaired) electrons. The van der Waals surface area contributed by atoms with Gasteiger partial charge in [0, 0.05) is 5.56 Å². The number of rotatable bonds is 5. The predicted octanol–water partition coefficient (Wildman–Crippen LogP) is 4.45. The van der Waals surface area contributed by atoms with Crippen molar-refractivity contribution in [2.45, 2.75) is 30.7 Å². The summed E-state index contributed by atoms with van der Waals surface area (Å²) in [7, 11) is 0. The molecule has 3 aromatic heterocycles. The van der Waals surface area contributed by atoms with Crippen LogP contribution in [0.25, 0.3) is 21.6 Å². The summed E-state index contributed by atoms with van der Waals surface area (Å²) < 4.78 is 5.32. The van der Waals surface area contributed by atoms with Gasteiger partial charge in [-0.25, -0.2) is 4.98 Å². The molecule has 0 aliphatic heterocycles. The van der Waals surface area contributed by atoms with E-state index in [-0.39, 0.29) is 5.56 Å². The topological polar surface area (TPSA) is 84.7 Å². The summed E-state index contributed by atoms with van der Waals surface area (Å²) in [6.07, 6.45) is 0. The molecule has 0 spiro atoms. The molecule has 1 N–H and O–H groups in total. The molecule has 26 heavy (non-hydrogen) atoms. The Bertz CT molecular complexity index is 1100. The van der Waals surface area contributed by atoms with Crippen molar-refractivity contribution in [1.29, 1.82) is 0 Å². The van der Waals surface area contributed by atoms with Crippen molar-refractivity contribution in [2.75, 3.05) is 0 Å². The van der Waals surface area contributed by atoms with E-state index in [1.54, 1.807) is 6.07 Å². The Balaban J connectivity index is 1.48. The van der Waals surface area contributed by atoms with Gasteiger partial charge in [-0.3, -0.25) is 4.79 Å². The van der Waals surface area contributed by atoms with E-state index >= 15 is 0 Å². The predicted molar refractivity (Wildman–Crippen MR) is 104 cm³/mol. The second-order valence-corrected chi connectivity index (χ2v) is 7.95. The van der Waals surface area contributed by atoms with Crippen molar-refractivity contribution in [3.05, 3.63) is 57.5 Å². The number of thiophene rings is 1. The van der Waals surface area contributed by atoms with Crippen molar-refractivity contribution in [3.8, 4) is 11.4 Å². The third kappa shape index (κ3) is 3.42. The van der Waals surface area contributed by atoms with Gasteiger partial charge in [0.2, 0.25) is 11.7 Å². The van der Waals surface area contributed by atoms with Gasteiger partial charge < -0.3 is 9.51 Å². The Morgan fingerprint density at radius 3 is 2.77 bits per heavy atom. The summed E-state index contributed by atoms with van der Waals surface area (Å²) in [5.41, 5.74) is 2.06. The van der Waals surface area contributed by atoms with Gasteiger partial charge in [0.05, 0.1) is 11.1 Å². The number of nitrogens with zero attached hydrogens (tertiary/aromatic N) is 3. The van der Waals surface area contributed by atoms with Crippen LogP contribution in [0.2, 0.25) is 0 Å². The van der Waals surface area contributed by atoms with Crippen molar-refractivity contribution < 1.29 is 4.52 Å². The van der Waals surface area contributed by atoms with Gasteiger partial charge in [0.25, 0.3) is 5.56 Å². The van der Waals surface area contributed by atoms with Crippen molar-refractivity contribution in [2.24, 2.45) is 0 Å². The van der Waals surface area contributed by atoms with Crippen LogP contribution in [0, 0.1) is 0 Å². The van der Waals surface area contributed by atoms with Gasteiger partial charge in [0.1, 0.15) is 4.83 Å². The van der Waals surface area contributed by atoms with Crippen molar-refractivity contribution in [1.82, 2.24) is 20.1 Å². The maximum Gasteiger partial charge on any atom is 0.260 e. The lowest BCUT2D eigenvalue weighted by atomic mass is 10.0. The molecular formula is C18H16N4O2S2. The Kier molecular flexibility index (Phi) is 4.60. The molecule has 3 heterocycles.